The molecule has 6 nitrogen and oxygen atoms in total. The Morgan fingerprint density at radius 3 is 2.31 bits per heavy atom. The summed E-state index contributed by atoms with van der Waals surface area (Å²) in [5, 5.41) is 15.8. The number of hydrogen-bond acceptors (Lipinski definition) is 4. The number of likely N-dealkylation sites (N-methyl/N-ethyl adjacent to an activating group) is 1. The maximum atomic E-state index is 10.9. The first-order valence-electron chi connectivity index (χ1n) is 3.99. The van der Waals surface area contributed by atoms with Crippen molar-refractivity contribution < 1.29 is 14.7 Å². The van der Waals surface area contributed by atoms with E-state index in [2.05, 4.69) is 16.0 Å². The summed E-state index contributed by atoms with van der Waals surface area (Å²) in [4.78, 5) is 21.7. The molecule has 0 fully saturated rings. The molecule has 0 aliphatic carbocycles. The predicted molar refractivity (Wildman–Crippen MR) is 47.0 cm³/mol. The van der Waals surface area contributed by atoms with Crippen molar-refractivity contribution in [3.05, 3.63) is 0 Å². The number of aliphatic hydroxyl groups is 1. The van der Waals surface area contributed by atoms with E-state index < -0.39 is 0 Å². The van der Waals surface area contributed by atoms with Crippen molar-refractivity contribution in [2.75, 3.05) is 33.3 Å². The molecule has 0 heterocycles. The Labute approximate surface area is 76.7 Å². The second kappa shape index (κ2) is 7.51. The lowest BCUT2D eigenvalue weighted by Gasteiger charge is -2.04. The van der Waals surface area contributed by atoms with Crippen molar-refractivity contribution in [3.8, 4) is 0 Å². The minimum atomic E-state index is -0.307. The van der Waals surface area contributed by atoms with E-state index in [0.717, 1.165) is 0 Å². The number of nitrogens with one attached hydrogen (secondary N) is 3. The van der Waals surface area contributed by atoms with Crippen molar-refractivity contribution in [1.29, 1.82) is 0 Å². The third kappa shape index (κ3) is 7.23. The van der Waals surface area contributed by atoms with Crippen LogP contribution < -0.4 is 16.0 Å². The van der Waals surface area contributed by atoms with Gasteiger partial charge < -0.3 is 21.1 Å². The van der Waals surface area contributed by atoms with E-state index in [4.69, 9.17) is 5.11 Å². The number of aliphatic hydroxyl groups excluding tert-OH is 1. The van der Waals surface area contributed by atoms with Crippen LogP contribution in [0.1, 0.15) is 0 Å². The van der Waals surface area contributed by atoms with Crippen LogP contribution in [0.3, 0.4) is 0 Å². The Kier molecular flexibility index (Phi) is 6.85. The Hall–Kier alpha value is -1.14. The maximum Gasteiger partial charge on any atom is 0.239 e. The van der Waals surface area contributed by atoms with E-state index in [1.807, 2.05) is 0 Å². The lowest BCUT2D eigenvalue weighted by atomic mass is 10.5. The number of hydrogen-bond donors (Lipinski definition) is 4. The first-order valence-corrected chi connectivity index (χ1v) is 3.99. The Morgan fingerprint density at radius 1 is 1.15 bits per heavy atom. The van der Waals surface area contributed by atoms with Gasteiger partial charge in [0.2, 0.25) is 11.8 Å². The van der Waals surface area contributed by atoms with Gasteiger partial charge in [0.25, 0.3) is 0 Å². The van der Waals surface area contributed by atoms with Crippen molar-refractivity contribution in [2.24, 2.45) is 0 Å². The highest BCUT2D eigenvalue weighted by Crippen LogP contribution is 1.66. The van der Waals surface area contributed by atoms with Crippen LogP contribution in [0.25, 0.3) is 0 Å². The smallest absolute Gasteiger partial charge is 0.239 e. The van der Waals surface area contributed by atoms with Crippen molar-refractivity contribution in [3.63, 3.8) is 0 Å². The van der Waals surface area contributed by atoms with Gasteiger partial charge in [-0.2, -0.15) is 0 Å². The molecule has 0 aliphatic rings. The molecule has 0 unspecified atom stereocenters. The van der Waals surface area contributed by atoms with E-state index in [0.29, 0.717) is 0 Å². The van der Waals surface area contributed by atoms with Crippen LogP contribution in [-0.4, -0.2) is 50.2 Å². The average Bonchev–Trinajstić information content (AvgIpc) is 2.12. The lowest BCUT2D eigenvalue weighted by Crippen LogP contribution is -2.40. The maximum absolute atomic E-state index is 10.9. The van der Waals surface area contributed by atoms with Gasteiger partial charge >= 0.3 is 0 Å². The number of amides is 2. The van der Waals surface area contributed by atoms with Crippen LogP contribution in [0.4, 0.5) is 0 Å². The van der Waals surface area contributed by atoms with Gasteiger partial charge in [-0.3, -0.25) is 9.59 Å². The summed E-state index contributed by atoms with van der Waals surface area (Å²) in [6.07, 6.45) is 0. The fourth-order valence-electron chi connectivity index (χ4n) is 0.660. The number of rotatable bonds is 6. The lowest BCUT2D eigenvalue weighted by molar-refractivity contribution is -0.125. The van der Waals surface area contributed by atoms with Gasteiger partial charge in [0.05, 0.1) is 19.7 Å². The third-order valence-corrected chi connectivity index (χ3v) is 1.22. The van der Waals surface area contributed by atoms with Crippen molar-refractivity contribution in [1.82, 2.24) is 16.0 Å². The quantitative estimate of drug-likeness (QED) is 0.370. The first-order chi connectivity index (χ1) is 6.20. The zero-order valence-electron chi connectivity index (χ0n) is 7.59. The van der Waals surface area contributed by atoms with Crippen LogP contribution in [0.5, 0.6) is 0 Å². The SMILES string of the molecule is CNCC(=O)NCC(=O)NCCO. The van der Waals surface area contributed by atoms with E-state index in [-0.39, 0.29) is 38.1 Å². The zero-order valence-corrected chi connectivity index (χ0v) is 7.59. The molecule has 13 heavy (non-hydrogen) atoms. The van der Waals surface area contributed by atoms with Crippen LogP contribution >= 0.6 is 0 Å². The highest BCUT2D eigenvalue weighted by Gasteiger charge is 2.02. The molecule has 0 aromatic rings. The summed E-state index contributed by atoms with van der Waals surface area (Å²) in [6.45, 7) is 0.241. The number of carbonyl (C=O) groups is 2. The molecule has 0 spiro atoms. The largest absolute Gasteiger partial charge is 0.395 e. The molecule has 0 saturated heterocycles. The van der Waals surface area contributed by atoms with E-state index in [1.165, 1.54) is 0 Å². The monoisotopic (exact) mass is 189 g/mol. The molecule has 76 valence electrons. The standard InChI is InChI=1S/C7H15N3O3/c1-8-4-6(12)10-5-7(13)9-2-3-11/h8,11H,2-5H2,1H3,(H,9,13)(H,10,12). The highest BCUT2D eigenvalue weighted by atomic mass is 16.3. The molecule has 0 radical (unpaired) electrons. The van der Waals surface area contributed by atoms with Crippen LogP contribution in [-0.2, 0) is 9.59 Å². The molecule has 0 aromatic carbocycles. The molecule has 0 bridgehead atoms. The molecular weight excluding hydrogens is 174 g/mol. The Morgan fingerprint density at radius 2 is 1.77 bits per heavy atom. The molecule has 0 aliphatic heterocycles. The zero-order chi connectivity index (χ0) is 10.1. The molecule has 6 heteroatoms. The average molecular weight is 189 g/mol. The van der Waals surface area contributed by atoms with Gasteiger partial charge in [-0.25, -0.2) is 0 Å². The minimum absolute atomic E-state index is 0.0550. The fourth-order valence-corrected chi connectivity index (χ4v) is 0.660. The van der Waals surface area contributed by atoms with Crippen LogP contribution in [0.15, 0.2) is 0 Å². The molecule has 4 N–H and O–H groups in total. The van der Waals surface area contributed by atoms with Crippen LogP contribution in [0, 0.1) is 0 Å². The minimum Gasteiger partial charge on any atom is -0.395 e. The summed E-state index contributed by atoms with van der Waals surface area (Å²) in [5.74, 6) is -0.542. The van der Waals surface area contributed by atoms with Gasteiger partial charge in [-0.15, -0.1) is 0 Å². The van der Waals surface area contributed by atoms with Crippen molar-refractivity contribution >= 4 is 11.8 Å². The van der Waals surface area contributed by atoms with Gasteiger partial charge in [0, 0.05) is 6.54 Å². The van der Waals surface area contributed by atoms with Gasteiger partial charge in [0.1, 0.15) is 0 Å². The summed E-state index contributed by atoms with van der Waals surface area (Å²) in [5.41, 5.74) is 0. The fraction of sp³-hybridized carbons (Fsp3) is 0.714. The van der Waals surface area contributed by atoms with Gasteiger partial charge in [-0.1, -0.05) is 0 Å². The topological polar surface area (TPSA) is 90.5 Å². The molecular formula is C7H15N3O3. The normalized spacial score (nSPS) is 9.38. The summed E-state index contributed by atoms with van der Waals surface area (Å²) < 4.78 is 0. The Bertz CT molecular complexity index is 172. The highest BCUT2D eigenvalue weighted by molar-refractivity contribution is 5.85. The van der Waals surface area contributed by atoms with Crippen LogP contribution in [0.2, 0.25) is 0 Å². The first kappa shape index (κ1) is 11.9. The number of carbonyl (C=O) groups excluding carboxylic acids is 2. The molecule has 2 amide bonds. The van der Waals surface area contributed by atoms with Crippen molar-refractivity contribution in [2.45, 2.75) is 0 Å². The van der Waals surface area contributed by atoms with E-state index >= 15 is 0 Å². The second-order valence-corrected chi connectivity index (χ2v) is 2.38. The summed E-state index contributed by atoms with van der Waals surface area (Å²) in [6, 6.07) is 0. The summed E-state index contributed by atoms with van der Waals surface area (Å²) in [7, 11) is 1.64. The van der Waals surface area contributed by atoms with E-state index in [1.54, 1.807) is 7.05 Å². The third-order valence-electron chi connectivity index (χ3n) is 1.22. The molecule has 0 aromatic heterocycles. The predicted octanol–water partition coefficient (Wildman–Crippen LogP) is -2.57. The molecule has 0 saturated carbocycles. The van der Waals surface area contributed by atoms with E-state index in [9.17, 15) is 9.59 Å². The summed E-state index contributed by atoms with van der Waals surface area (Å²) >= 11 is 0. The molecule has 0 atom stereocenters. The van der Waals surface area contributed by atoms with Gasteiger partial charge in [0.15, 0.2) is 0 Å². The molecule has 0 rings (SSSR count). The van der Waals surface area contributed by atoms with Gasteiger partial charge in [-0.05, 0) is 7.05 Å². The Balaban J connectivity index is 3.40. The second-order valence-electron chi connectivity index (χ2n) is 2.38.